The summed E-state index contributed by atoms with van der Waals surface area (Å²) >= 11 is 0. The van der Waals surface area contributed by atoms with E-state index in [4.69, 9.17) is 0 Å². The lowest BCUT2D eigenvalue weighted by molar-refractivity contribution is -0.144. The van der Waals surface area contributed by atoms with Crippen LogP contribution in [0.25, 0.3) is 0 Å². The Balaban J connectivity index is 1.05. The minimum absolute atomic E-state index is 0.0533. The molecule has 8 amide bonds. The lowest BCUT2D eigenvalue weighted by Gasteiger charge is -2.36. The number of benzene rings is 2. The number of amides is 8. The Morgan fingerprint density at radius 3 is 1.25 bits per heavy atom. The normalized spacial score (nSPS) is 26.1. The topological polar surface area (TPSA) is 239 Å². The van der Waals surface area contributed by atoms with E-state index in [0.29, 0.717) is 19.3 Å². The smallest absolute Gasteiger partial charge is 0.246 e. The number of hydrogen-bond acceptors (Lipinski definition) is 10. The number of hydrogen-bond donors (Lipinski definition) is 8. The Kier molecular flexibility index (Phi) is 18.7. The van der Waals surface area contributed by atoms with Gasteiger partial charge in [0.25, 0.3) is 0 Å². The lowest BCUT2D eigenvalue weighted by atomic mass is 9.80. The van der Waals surface area contributed by atoms with Crippen molar-refractivity contribution >= 4 is 47.3 Å². The Morgan fingerprint density at radius 1 is 0.500 bits per heavy atom. The summed E-state index contributed by atoms with van der Waals surface area (Å²) in [4.78, 5) is 117. The monoisotopic (exact) mass is 1050 g/mol. The van der Waals surface area contributed by atoms with Crippen LogP contribution in [0.3, 0.4) is 0 Å². The van der Waals surface area contributed by atoms with Crippen molar-refractivity contribution in [1.82, 2.24) is 52.3 Å². The predicted octanol–water partition coefficient (Wildman–Crippen LogP) is 3.63. The van der Waals surface area contributed by atoms with E-state index in [1.165, 1.54) is 20.9 Å². The van der Waals surface area contributed by atoms with Crippen LogP contribution in [0.1, 0.15) is 154 Å². The SMILES string of the molecule is CN[C@@H](C)C(=O)NC(C(=O)N1C[C@@H](NC(=O)C2CCCC(C(=O)N[C@H]3C[C@@H](C(=O)N[C@@H]4CCCc5ccccc54)N(C(=O)[C@@H](NC(=O)[C@H](C)NC)C(C)(C)C)C3)C2)CC1C(=O)N[C@@H]1CCCc2ccccc21)C(C)(C)C. The standard InChI is InChI=1S/C58H86N10O8/c1-33(59-9)49(69)65-47(57(3,4)5)55(75)67-31-39(29-45(67)53(73)63-43-26-16-20-35-18-11-13-24-41(35)43)61-51(71)37-22-15-23-38(28-37)52(72)62-40-30-46(54(74)64-44-27-17-21-36-19-12-14-25-42(36)44)68(32-40)56(76)48(58(6,7)8)66-50(70)34(2)60-10/h11-14,18-19,24-25,33-34,37-40,43-48,59-60H,15-17,20-23,26-32H2,1-10H3,(H,61,71)(H,62,72)(H,63,73)(H,64,74)(H,65,69)(H,66,70)/t33-,34-,37?,38?,39-,40-,43+,44+,45-,46?,47+,48?/m0/s1. The molecule has 2 saturated heterocycles. The first-order valence-corrected chi connectivity index (χ1v) is 27.9. The van der Waals surface area contributed by atoms with Crippen LogP contribution in [-0.2, 0) is 51.2 Å². The van der Waals surface area contributed by atoms with Crippen LogP contribution in [0.5, 0.6) is 0 Å². The molecule has 18 heteroatoms. The van der Waals surface area contributed by atoms with Gasteiger partial charge in [0.05, 0.1) is 24.2 Å². The summed E-state index contributed by atoms with van der Waals surface area (Å²) in [5.41, 5.74) is 3.02. The molecule has 0 spiro atoms. The minimum Gasteiger partial charge on any atom is -0.351 e. The molecule has 8 N–H and O–H groups in total. The van der Waals surface area contributed by atoms with Crippen molar-refractivity contribution in [2.75, 3.05) is 27.2 Å². The second-order valence-corrected chi connectivity index (χ2v) is 24.4. The molecule has 12 atom stereocenters. The maximum atomic E-state index is 14.7. The van der Waals surface area contributed by atoms with Crippen molar-refractivity contribution in [3.8, 4) is 0 Å². The largest absolute Gasteiger partial charge is 0.351 e. The van der Waals surface area contributed by atoms with E-state index in [0.717, 1.165) is 49.7 Å². The zero-order chi connectivity index (χ0) is 55.2. The molecule has 0 bridgehead atoms. The summed E-state index contributed by atoms with van der Waals surface area (Å²) in [5, 5.41) is 24.6. The molecule has 416 valence electrons. The molecule has 2 aromatic rings. The third-order valence-corrected chi connectivity index (χ3v) is 16.7. The minimum atomic E-state index is -0.967. The zero-order valence-electron chi connectivity index (χ0n) is 46.6. The van der Waals surface area contributed by atoms with Gasteiger partial charge >= 0.3 is 0 Å². The highest BCUT2D eigenvalue weighted by Crippen LogP contribution is 2.35. The van der Waals surface area contributed by atoms with Gasteiger partial charge in [-0.1, -0.05) is 96.5 Å². The molecule has 1 saturated carbocycles. The van der Waals surface area contributed by atoms with E-state index in [1.54, 1.807) is 27.9 Å². The maximum Gasteiger partial charge on any atom is 0.246 e. The van der Waals surface area contributed by atoms with E-state index in [-0.39, 0.29) is 79.9 Å². The number of rotatable bonds is 16. The van der Waals surface area contributed by atoms with E-state index in [1.807, 2.05) is 77.9 Å². The summed E-state index contributed by atoms with van der Waals surface area (Å²) in [6, 6.07) is 9.56. The highest BCUT2D eigenvalue weighted by Gasteiger charge is 2.49. The molecule has 18 nitrogen and oxygen atoms in total. The van der Waals surface area contributed by atoms with Gasteiger partial charge in [-0.3, -0.25) is 38.4 Å². The number of nitrogens with one attached hydrogen (secondary N) is 8. The third kappa shape index (κ3) is 13.6. The van der Waals surface area contributed by atoms with Gasteiger partial charge in [0.1, 0.15) is 24.2 Å². The maximum absolute atomic E-state index is 14.7. The van der Waals surface area contributed by atoms with Crippen LogP contribution >= 0.6 is 0 Å². The quantitative estimate of drug-likeness (QED) is 0.122. The van der Waals surface area contributed by atoms with E-state index < -0.39 is 82.8 Å². The zero-order valence-corrected chi connectivity index (χ0v) is 46.6. The molecule has 76 heavy (non-hydrogen) atoms. The predicted molar refractivity (Wildman–Crippen MR) is 290 cm³/mol. The van der Waals surface area contributed by atoms with Gasteiger partial charge in [-0.2, -0.15) is 0 Å². The van der Waals surface area contributed by atoms with E-state index in [9.17, 15) is 38.4 Å². The van der Waals surface area contributed by atoms with Gasteiger partial charge in [-0.25, -0.2) is 0 Å². The van der Waals surface area contributed by atoms with Crippen molar-refractivity contribution in [3.63, 3.8) is 0 Å². The molecule has 5 aliphatic rings. The first kappa shape index (κ1) is 57.8. The van der Waals surface area contributed by atoms with Gasteiger partial charge in [-0.15, -0.1) is 0 Å². The molecule has 3 fully saturated rings. The second kappa shape index (κ2) is 24.6. The second-order valence-electron chi connectivity index (χ2n) is 24.4. The Morgan fingerprint density at radius 2 is 0.882 bits per heavy atom. The first-order chi connectivity index (χ1) is 36.0. The average Bonchev–Trinajstić information content (AvgIpc) is 4.03. The Hall–Kier alpha value is -5.88. The number of aryl methyl sites for hydroxylation is 2. The lowest BCUT2D eigenvalue weighted by Crippen LogP contribution is -2.59. The highest BCUT2D eigenvalue weighted by atomic mass is 16.2. The fourth-order valence-corrected chi connectivity index (χ4v) is 11.9. The number of likely N-dealkylation sites (N-methyl/N-ethyl adjacent to an activating group) is 2. The van der Waals surface area contributed by atoms with Crippen LogP contribution in [-0.4, -0.2) is 133 Å². The van der Waals surface area contributed by atoms with Crippen LogP contribution in [0.15, 0.2) is 48.5 Å². The molecule has 0 radical (unpaired) electrons. The molecule has 2 aliphatic heterocycles. The van der Waals surface area contributed by atoms with Crippen molar-refractivity contribution in [1.29, 1.82) is 0 Å². The number of fused-ring (bicyclic) bond motifs is 2. The van der Waals surface area contributed by atoms with Crippen LogP contribution in [0.4, 0.5) is 0 Å². The van der Waals surface area contributed by atoms with Gasteiger partial charge in [0.2, 0.25) is 47.3 Å². The number of carbonyl (C=O) groups excluding carboxylic acids is 8. The summed E-state index contributed by atoms with van der Waals surface area (Å²) in [6.45, 7) is 14.7. The van der Waals surface area contributed by atoms with E-state index in [2.05, 4.69) is 54.7 Å². The number of likely N-dealkylation sites (tertiary alicyclic amines) is 2. The van der Waals surface area contributed by atoms with Crippen molar-refractivity contribution in [2.45, 2.75) is 193 Å². The highest BCUT2D eigenvalue weighted by molar-refractivity contribution is 5.96. The van der Waals surface area contributed by atoms with Gasteiger partial charge in [0.15, 0.2) is 0 Å². The first-order valence-electron chi connectivity index (χ1n) is 27.9. The molecule has 2 aromatic carbocycles. The molecular formula is C58H86N10O8. The van der Waals surface area contributed by atoms with Crippen LogP contribution in [0, 0.1) is 22.7 Å². The van der Waals surface area contributed by atoms with Crippen LogP contribution < -0.4 is 42.5 Å². The molecule has 2 heterocycles. The van der Waals surface area contributed by atoms with Crippen LogP contribution in [0.2, 0.25) is 0 Å². The summed E-state index contributed by atoms with van der Waals surface area (Å²) in [5.74, 6) is -3.75. The third-order valence-electron chi connectivity index (χ3n) is 16.7. The van der Waals surface area contributed by atoms with Gasteiger partial charge < -0.3 is 52.3 Å². The summed E-state index contributed by atoms with van der Waals surface area (Å²) in [7, 11) is 3.33. The van der Waals surface area contributed by atoms with Crippen molar-refractivity contribution in [3.05, 3.63) is 70.8 Å². The van der Waals surface area contributed by atoms with Gasteiger partial charge in [0, 0.05) is 37.0 Å². The Labute approximate surface area is 449 Å². The molecule has 7 rings (SSSR count). The summed E-state index contributed by atoms with van der Waals surface area (Å²) in [6.07, 6.45) is 7.43. The van der Waals surface area contributed by atoms with Crippen molar-refractivity contribution < 1.29 is 38.4 Å². The summed E-state index contributed by atoms with van der Waals surface area (Å²) < 4.78 is 0. The van der Waals surface area contributed by atoms with Gasteiger partial charge in [-0.05, 0) is 132 Å². The fourth-order valence-electron chi connectivity index (χ4n) is 11.9. The number of nitrogens with zero attached hydrogens (tertiary/aromatic N) is 2. The van der Waals surface area contributed by atoms with E-state index >= 15 is 0 Å². The fraction of sp³-hybridized carbons (Fsp3) is 0.655. The molecular weight excluding hydrogens is 965 g/mol. The number of carbonyl (C=O) groups is 8. The molecule has 3 aliphatic carbocycles. The molecule has 4 unspecified atom stereocenters. The Bertz CT molecular complexity index is 2300. The van der Waals surface area contributed by atoms with Crippen molar-refractivity contribution in [2.24, 2.45) is 22.7 Å². The molecule has 0 aromatic heterocycles. The average molecular weight is 1050 g/mol.